The summed E-state index contributed by atoms with van der Waals surface area (Å²) in [5.41, 5.74) is 1.95. The van der Waals surface area contributed by atoms with E-state index in [-0.39, 0.29) is 12.3 Å². The van der Waals surface area contributed by atoms with Crippen molar-refractivity contribution in [2.24, 2.45) is 0 Å². The lowest BCUT2D eigenvalue weighted by Gasteiger charge is -2.13. The number of hydrogen-bond donors (Lipinski definition) is 2. The van der Waals surface area contributed by atoms with Crippen LogP contribution in [0.25, 0.3) is 28.2 Å². The molecule has 0 bridgehead atoms. The predicted octanol–water partition coefficient (Wildman–Crippen LogP) is 3.72. The molecule has 1 heterocycles. The van der Waals surface area contributed by atoms with Gasteiger partial charge in [-0.3, -0.25) is 0 Å². The first-order valence-corrected chi connectivity index (χ1v) is 11.3. The average Bonchev–Trinajstić information content (AvgIpc) is 3.23. The Morgan fingerprint density at radius 3 is 2.58 bits per heavy atom. The van der Waals surface area contributed by atoms with E-state index in [1.165, 1.54) is 6.08 Å². The first kappa shape index (κ1) is 22.6. The van der Waals surface area contributed by atoms with Crippen LogP contribution in [0.3, 0.4) is 0 Å². The third-order valence-corrected chi connectivity index (χ3v) is 6.24. The van der Waals surface area contributed by atoms with Crippen molar-refractivity contribution in [1.82, 2.24) is 4.72 Å². The van der Waals surface area contributed by atoms with Crippen molar-refractivity contribution in [3.63, 3.8) is 0 Å². The fourth-order valence-electron chi connectivity index (χ4n) is 2.98. The molecule has 8 heteroatoms. The van der Waals surface area contributed by atoms with E-state index in [0.717, 1.165) is 22.0 Å². The zero-order chi connectivity index (χ0) is 22.6. The number of hydrogen-bond acceptors (Lipinski definition) is 6. The number of rotatable bonds is 8. The minimum absolute atomic E-state index is 0.159. The molecule has 0 fully saturated rings. The Labute approximate surface area is 182 Å². The van der Waals surface area contributed by atoms with E-state index >= 15 is 0 Å². The number of nitrogens with zero attached hydrogens (tertiary/aromatic N) is 2. The summed E-state index contributed by atoms with van der Waals surface area (Å²) in [4.78, 5) is 1.56. The van der Waals surface area contributed by atoms with Gasteiger partial charge in [0.25, 0.3) is 10.0 Å². The monoisotopic (exact) mass is 439 g/mol. The molecule has 1 aromatic heterocycles. The summed E-state index contributed by atoms with van der Waals surface area (Å²) >= 11 is 0. The van der Waals surface area contributed by atoms with E-state index in [2.05, 4.69) is 10.8 Å². The summed E-state index contributed by atoms with van der Waals surface area (Å²) in [7, 11) is -0.0638. The van der Waals surface area contributed by atoms with Crippen LogP contribution >= 0.6 is 0 Å². The molecule has 0 radical (unpaired) electrons. The Balaban J connectivity index is 1.86. The fraction of sp³-hybridized carbons (Fsp3) is 0.261. The molecular formula is C23H25N3O4S. The van der Waals surface area contributed by atoms with Gasteiger partial charge < -0.3 is 14.4 Å². The summed E-state index contributed by atoms with van der Waals surface area (Å²) < 4.78 is 32.7. The lowest BCUT2D eigenvalue weighted by Crippen LogP contribution is -2.32. The van der Waals surface area contributed by atoms with Crippen LogP contribution in [0.4, 0.5) is 5.69 Å². The lowest BCUT2D eigenvalue weighted by molar-refractivity contribution is 0.174. The molecule has 2 aromatic carbocycles. The van der Waals surface area contributed by atoms with E-state index in [1.807, 2.05) is 49.3 Å². The number of allylic oxidation sites excluding steroid dienone is 1. The van der Waals surface area contributed by atoms with Crippen molar-refractivity contribution >= 4 is 32.6 Å². The second-order valence-corrected chi connectivity index (χ2v) is 9.11. The van der Waals surface area contributed by atoms with Gasteiger partial charge in [0.05, 0.1) is 6.10 Å². The third kappa shape index (κ3) is 5.33. The molecule has 0 aliphatic rings. The number of fused-ring (bicyclic) bond motifs is 1. The number of aliphatic hydroxyl groups is 1. The number of anilines is 1. The smallest absolute Gasteiger partial charge is 0.250 e. The van der Waals surface area contributed by atoms with Crippen molar-refractivity contribution in [1.29, 1.82) is 5.26 Å². The number of furan rings is 1. The molecule has 0 saturated heterocycles. The van der Waals surface area contributed by atoms with Crippen LogP contribution in [0, 0.1) is 11.3 Å². The van der Waals surface area contributed by atoms with Gasteiger partial charge in [0.15, 0.2) is 4.91 Å². The molecule has 2 N–H and O–H groups in total. The van der Waals surface area contributed by atoms with E-state index in [1.54, 1.807) is 25.1 Å². The highest BCUT2D eigenvalue weighted by Gasteiger charge is 2.19. The molecule has 1 unspecified atom stereocenters. The van der Waals surface area contributed by atoms with E-state index in [0.29, 0.717) is 12.2 Å². The largest absolute Gasteiger partial charge is 0.457 e. The normalized spacial score (nSPS) is 13.2. The van der Waals surface area contributed by atoms with Gasteiger partial charge in [-0.25, -0.2) is 13.1 Å². The fourth-order valence-corrected chi connectivity index (χ4v) is 3.94. The maximum Gasteiger partial charge on any atom is 0.250 e. The van der Waals surface area contributed by atoms with Crippen LogP contribution in [0.1, 0.15) is 19.1 Å². The van der Waals surface area contributed by atoms with Crippen LogP contribution in [0.2, 0.25) is 0 Å². The Bertz CT molecular complexity index is 1250. The van der Waals surface area contributed by atoms with Gasteiger partial charge in [0.2, 0.25) is 0 Å². The molecule has 31 heavy (non-hydrogen) atoms. The second-order valence-electron chi connectivity index (χ2n) is 7.38. The lowest BCUT2D eigenvalue weighted by atomic mass is 10.0. The summed E-state index contributed by atoms with van der Waals surface area (Å²) in [6.45, 7) is 1.58. The molecule has 0 aliphatic carbocycles. The molecule has 0 amide bonds. The Morgan fingerprint density at radius 1 is 1.19 bits per heavy atom. The minimum Gasteiger partial charge on any atom is -0.457 e. The summed E-state index contributed by atoms with van der Waals surface area (Å²) in [5, 5.41) is 21.0. The Hall–Kier alpha value is -3.12. The van der Waals surface area contributed by atoms with Crippen molar-refractivity contribution in [2.75, 3.05) is 25.5 Å². The molecule has 0 saturated carbocycles. The predicted molar refractivity (Wildman–Crippen MR) is 123 cm³/mol. The zero-order valence-corrected chi connectivity index (χ0v) is 18.5. The molecule has 0 spiro atoms. The topological polar surface area (TPSA) is 107 Å². The highest BCUT2D eigenvalue weighted by Crippen LogP contribution is 2.29. The quantitative estimate of drug-likeness (QED) is 0.518. The van der Waals surface area contributed by atoms with E-state index < -0.39 is 21.0 Å². The van der Waals surface area contributed by atoms with Gasteiger partial charge in [-0.2, -0.15) is 5.26 Å². The molecule has 1 atom stereocenters. The van der Waals surface area contributed by atoms with Gasteiger partial charge in [0.1, 0.15) is 17.6 Å². The molecule has 3 aromatic rings. The molecule has 0 aliphatic heterocycles. The van der Waals surface area contributed by atoms with Crippen molar-refractivity contribution in [3.8, 4) is 17.4 Å². The van der Waals surface area contributed by atoms with Crippen molar-refractivity contribution in [2.45, 2.75) is 19.4 Å². The summed E-state index contributed by atoms with van der Waals surface area (Å²) in [6, 6.07) is 17.1. The average molecular weight is 440 g/mol. The number of benzene rings is 2. The van der Waals surface area contributed by atoms with Gasteiger partial charge >= 0.3 is 0 Å². The maximum atomic E-state index is 12.3. The number of nitrogens with one attached hydrogen (secondary N) is 1. The zero-order valence-electron chi connectivity index (χ0n) is 17.7. The third-order valence-electron chi connectivity index (χ3n) is 4.90. The van der Waals surface area contributed by atoms with Gasteiger partial charge in [-0.1, -0.05) is 25.1 Å². The summed E-state index contributed by atoms with van der Waals surface area (Å²) in [6.07, 6.45) is 0.763. The highest BCUT2D eigenvalue weighted by molar-refractivity contribution is 7.93. The van der Waals surface area contributed by atoms with Crippen LogP contribution in [0.15, 0.2) is 57.9 Å². The van der Waals surface area contributed by atoms with E-state index in [4.69, 9.17) is 4.42 Å². The minimum atomic E-state index is -4.05. The highest BCUT2D eigenvalue weighted by atomic mass is 32.2. The van der Waals surface area contributed by atoms with Crippen molar-refractivity contribution < 1.29 is 17.9 Å². The molecular weight excluding hydrogens is 414 g/mol. The van der Waals surface area contributed by atoms with Crippen LogP contribution in [0.5, 0.6) is 0 Å². The van der Waals surface area contributed by atoms with Gasteiger partial charge in [0, 0.05) is 38.0 Å². The molecule has 3 rings (SSSR count). The molecule has 7 nitrogen and oxygen atoms in total. The SMILES string of the molecule is CCC(O)CNS(=O)(=O)/C(C#N)=C/c1ccc(-c2ccc3cc(N(C)C)ccc3c2)o1. The maximum absolute atomic E-state index is 12.3. The first-order valence-electron chi connectivity index (χ1n) is 9.84. The summed E-state index contributed by atoms with van der Waals surface area (Å²) in [5.74, 6) is 0.810. The Kier molecular flexibility index (Phi) is 6.81. The standard InChI is InChI=1S/C23H25N3O4S/c1-4-20(27)15-25-31(28,29)22(14-24)13-21-9-10-23(30-21)18-6-5-17-12-19(26(2)3)8-7-16(17)11-18/h5-13,20,25,27H,4,15H2,1-3H3/b22-13+. The van der Waals surface area contributed by atoms with Crippen LogP contribution < -0.4 is 9.62 Å². The Morgan fingerprint density at radius 2 is 1.90 bits per heavy atom. The van der Waals surface area contributed by atoms with Crippen LogP contribution in [-0.4, -0.2) is 40.3 Å². The van der Waals surface area contributed by atoms with Gasteiger partial charge in [-0.05, 0) is 47.5 Å². The number of nitriles is 1. The van der Waals surface area contributed by atoms with Crippen LogP contribution in [-0.2, 0) is 10.0 Å². The second kappa shape index (κ2) is 9.35. The number of aliphatic hydroxyl groups excluding tert-OH is 1. The van der Waals surface area contributed by atoms with Crippen molar-refractivity contribution in [3.05, 3.63) is 59.2 Å². The number of sulfonamides is 1. The molecule has 162 valence electrons. The van der Waals surface area contributed by atoms with E-state index in [9.17, 15) is 18.8 Å². The van der Waals surface area contributed by atoms with Gasteiger partial charge in [-0.15, -0.1) is 0 Å². The first-order chi connectivity index (χ1) is 14.7.